The van der Waals surface area contributed by atoms with Crippen molar-refractivity contribution in [1.29, 1.82) is 0 Å². The summed E-state index contributed by atoms with van der Waals surface area (Å²) < 4.78 is 5.72. The summed E-state index contributed by atoms with van der Waals surface area (Å²) in [6.45, 7) is 1.92. The van der Waals surface area contributed by atoms with Gasteiger partial charge in [0, 0.05) is 24.9 Å². The van der Waals surface area contributed by atoms with Gasteiger partial charge in [0.25, 0.3) is 0 Å². The number of benzene rings is 1. The first-order valence-electron chi connectivity index (χ1n) is 6.74. The van der Waals surface area contributed by atoms with Crippen molar-refractivity contribution >= 4 is 5.91 Å². The van der Waals surface area contributed by atoms with Gasteiger partial charge in [-0.3, -0.25) is 4.79 Å². The van der Waals surface area contributed by atoms with Crippen molar-refractivity contribution in [3.63, 3.8) is 0 Å². The average molecular weight is 273 g/mol. The first-order chi connectivity index (χ1) is 9.65. The fraction of sp³-hybridized carbons (Fsp3) is 0.312. The highest BCUT2D eigenvalue weighted by Gasteiger charge is 2.07. The van der Waals surface area contributed by atoms with Crippen LogP contribution in [0.5, 0.6) is 0 Å². The molecular formula is C16H19NO3. The second-order valence-corrected chi connectivity index (χ2v) is 4.79. The predicted octanol–water partition coefficient (Wildman–Crippen LogP) is 2.38. The van der Waals surface area contributed by atoms with Crippen molar-refractivity contribution in [3.05, 3.63) is 48.2 Å². The Hall–Kier alpha value is -2.07. The predicted molar refractivity (Wildman–Crippen MR) is 77.2 cm³/mol. The number of carbonyl (C=O) groups excluding carboxylic acids is 1. The average Bonchev–Trinajstić information content (AvgIpc) is 2.93. The van der Waals surface area contributed by atoms with Crippen LogP contribution in [0.15, 0.2) is 46.9 Å². The molecule has 2 rings (SSSR count). The molecule has 1 heterocycles. The molecule has 0 aliphatic carbocycles. The molecule has 0 spiro atoms. The third-order valence-corrected chi connectivity index (χ3v) is 2.91. The fourth-order valence-electron chi connectivity index (χ4n) is 1.86. The maximum atomic E-state index is 11.5. The van der Waals surface area contributed by atoms with E-state index in [0.29, 0.717) is 12.8 Å². The number of nitrogens with one attached hydrogen (secondary N) is 1. The molecule has 0 aliphatic rings. The minimum absolute atomic E-state index is 0.0800. The fourth-order valence-corrected chi connectivity index (χ4v) is 1.86. The summed E-state index contributed by atoms with van der Waals surface area (Å²) in [6, 6.07) is 13.7. The van der Waals surface area contributed by atoms with Gasteiger partial charge in [-0.05, 0) is 19.1 Å². The second kappa shape index (κ2) is 6.91. The lowest BCUT2D eigenvalue weighted by Crippen LogP contribution is -2.30. The van der Waals surface area contributed by atoms with Gasteiger partial charge in [0.15, 0.2) is 0 Å². The van der Waals surface area contributed by atoms with Crippen LogP contribution in [0.2, 0.25) is 0 Å². The Labute approximate surface area is 118 Å². The molecule has 0 saturated carbocycles. The zero-order valence-electron chi connectivity index (χ0n) is 11.5. The van der Waals surface area contributed by atoms with Crippen molar-refractivity contribution < 1.29 is 14.3 Å². The minimum Gasteiger partial charge on any atom is -0.461 e. The van der Waals surface area contributed by atoms with Crippen LogP contribution in [-0.2, 0) is 11.2 Å². The van der Waals surface area contributed by atoms with E-state index in [-0.39, 0.29) is 12.5 Å². The molecule has 4 heteroatoms. The molecule has 0 radical (unpaired) electrons. The van der Waals surface area contributed by atoms with Gasteiger partial charge in [-0.15, -0.1) is 0 Å². The van der Waals surface area contributed by atoms with Crippen LogP contribution in [0.4, 0.5) is 0 Å². The summed E-state index contributed by atoms with van der Waals surface area (Å²) in [5.41, 5.74) is 1.03. The lowest BCUT2D eigenvalue weighted by molar-refractivity contribution is -0.121. The smallest absolute Gasteiger partial charge is 0.220 e. The van der Waals surface area contributed by atoms with Gasteiger partial charge in [-0.2, -0.15) is 0 Å². The summed E-state index contributed by atoms with van der Waals surface area (Å²) in [6.07, 6.45) is 0.389. The number of hydrogen-bond acceptors (Lipinski definition) is 3. The first-order valence-corrected chi connectivity index (χ1v) is 6.74. The highest BCUT2D eigenvalue weighted by atomic mass is 16.3. The molecule has 4 nitrogen and oxygen atoms in total. The highest BCUT2D eigenvalue weighted by Crippen LogP contribution is 2.22. The van der Waals surface area contributed by atoms with Crippen LogP contribution in [0.1, 0.15) is 19.1 Å². The molecule has 1 aromatic carbocycles. The molecule has 0 fully saturated rings. The van der Waals surface area contributed by atoms with E-state index in [4.69, 9.17) is 9.52 Å². The zero-order chi connectivity index (χ0) is 14.4. The van der Waals surface area contributed by atoms with Crippen LogP contribution in [0.25, 0.3) is 11.3 Å². The maximum Gasteiger partial charge on any atom is 0.220 e. The monoisotopic (exact) mass is 273 g/mol. The molecular weight excluding hydrogens is 254 g/mol. The van der Waals surface area contributed by atoms with E-state index in [1.54, 1.807) is 6.92 Å². The largest absolute Gasteiger partial charge is 0.461 e. The van der Waals surface area contributed by atoms with E-state index in [0.717, 1.165) is 17.1 Å². The van der Waals surface area contributed by atoms with Gasteiger partial charge < -0.3 is 14.8 Å². The van der Waals surface area contributed by atoms with Crippen LogP contribution >= 0.6 is 0 Å². The Bertz CT molecular complexity index is 546. The molecule has 0 bridgehead atoms. The summed E-state index contributed by atoms with van der Waals surface area (Å²) in [5, 5.41) is 11.7. The molecule has 1 aromatic heterocycles. The zero-order valence-corrected chi connectivity index (χ0v) is 11.5. The molecule has 1 amide bonds. The number of aryl methyl sites for hydroxylation is 1. The number of aliphatic hydroxyl groups excluding tert-OH is 1. The van der Waals surface area contributed by atoms with E-state index in [9.17, 15) is 4.79 Å². The number of hydrogen-bond donors (Lipinski definition) is 2. The Kier molecular flexibility index (Phi) is 4.96. The summed E-state index contributed by atoms with van der Waals surface area (Å²) in [7, 11) is 0. The van der Waals surface area contributed by atoms with Gasteiger partial charge in [-0.1, -0.05) is 30.3 Å². The van der Waals surface area contributed by atoms with Crippen molar-refractivity contribution in [2.45, 2.75) is 25.9 Å². The lowest BCUT2D eigenvalue weighted by atomic mass is 10.2. The van der Waals surface area contributed by atoms with E-state index in [1.165, 1.54) is 0 Å². The Balaban J connectivity index is 1.86. The third kappa shape index (κ3) is 4.24. The molecule has 0 saturated heterocycles. The number of carbonyl (C=O) groups is 1. The number of amides is 1. The molecule has 1 atom stereocenters. The maximum absolute atomic E-state index is 11.5. The van der Waals surface area contributed by atoms with Gasteiger partial charge in [0.05, 0.1) is 6.10 Å². The van der Waals surface area contributed by atoms with Crippen LogP contribution in [0.3, 0.4) is 0 Å². The standard InChI is InChI=1S/C16H19NO3/c1-12(18)11-17-16(19)10-8-14-7-9-15(20-14)13-5-3-2-4-6-13/h2-7,9,12,18H,8,10-11H2,1H3,(H,17,19)/t12-/m1/s1. The molecule has 20 heavy (non-hydrogen) atoms. The molecule has 0 aliphatic heterocycles. The molecule has 106 valence electrons. The summed E-state index contributed by atoms with van der Waals surface area (Å²) >= 11 is 0. The van der Waals surface area contributed by atoms with Crippen molar-refractivity contribution in [2.24, 2.45) is 0 Å². The summed E-state index contributed by atoms with van der Waals surface area (Å²) in [4.78, 5) is 11.5. The Morgan fingerprint density at radius 2 is 2.00 bits per heavy atom. The second-order valence-electron chi connectivity index (χ2n) is 4.79. The van der Waals surface area contributed by atoms with Crippen molar-refractivity contribution in [2.75, 3.05) is 6.54 Å². The van der Waals surface area contributed by atoms with E-state index < -0.39 is 6.10 Å². The highest BCUT2D eigenvalue weighted by molar-refractivity contribution is 5.76. The van der Waals surface area contributed by atoms with Crippen LogP contribution in [0, 0.1) is 0 Å². The first kappa shape index (κ1) is 14.3. The SMILES string of the molecule is C[C@@H](O)CNC(=O)CCc1ccc(-c2ccccc2)o1. The Morgan fingerprint density at radius 1 is 1.25 bits per heavy atom. The van der Waals surface area contributed by atoms with Crippen LogP contribution in [-0.4, -0.2) is 23.7 Å². The van der Waals surface area contributed by atoms with Gasteiger partial charge in [0.1, 0.15) is 11.5 Å². The quantitative estimate of drug-likeness (QED) is 0.849. The van der Waals surface area contributed by atoms with Gasteiger partial charge >= 0.3 is 0 Å². The van der Waals surface area contributed by atoms with Crippen molar-refractivity contribution in [1.82, 2.24) is 5.32 Å². The van der Waals surface area contributed by atoms with E-state index in [1.807, 2.05) is 42.5 Å². The number of furan rings is 1. The van der Waals surface area contributed by atoms with Crippen molar-refractivity contribution in [3.8, 4) is 11.3 Å². The lowest BCUT2D eigenvalue weighted by Gasteiger charge is -2.06. The van der Waals surface area contributed by atoms with Gasteiger partial charge in [0.2, 0.25) is 5.91 Å². The number of aliphatic hydroxyl groups is 1. The minimum atomic E-state index is -0.521. The number of rotatable bonds is 6. The molecule has 2 aromatic rings. The third-order valence-electron chi connectivity index (χ3n) is 2.91. The Morgan fingerprint density at radius 3 is 2.70 bits per heavy atom. The molecule has 2 N–H and O–H groups in total. The topological polar surface area (TPSA) is 62.5 Å². The van der Waals surface area contributed by atoms with E-state index >= 15 is 0 Å². The van der Waals surface area contributed by atoms with Gasteiger partial charge in [-0.25, -0.2) is 0 Å². The summed E-state index contributed by atoms with van der Waals surface area (Å²) in [5.74, 6) is 1.52. The van der Waals surface area contributed by atoms with Crippen LogP contribution < -0.4 is 5.32 Å². The van der Waals surface area contributed by atoms with E-state index in [2.05, 4.69) is 5.32 Å². The molecule has 0 unspecified atom stereocenters. The normalized spacial score (nSPS) is 12.1.